The molecule has 1 amide bonds. The third-order valence-corrected chi connectivity index (χ3v) is 3.24. The number of hydrogen-bond acceptors (Lipinski definition) is 8. The zero-order valence-corrected chi connectivity index (χ0v) is 13.7. The van der Waals surface area contributed by atoms with Gasteiger partial charge in [0.25, 0.3) is 11.6 Å². The van der Waals surface area contributed by atoms with Crippen LogP contribution in [0.25, 0.3) is 0 Å². The molecule has 10 heteroatoms. The number of amides is 1. The Kier molecular flexibility index (Phi) is 5.32. The van der Waals surface area contributed by atoms with Crippen LogP contribution >= 0.6 is 0 Å². The summed E-state index contributed by atoms with van der Waals surface area (Å²) in [6, 6.07) is 5.23. The van der Waals surface area contributed by atoms with Gasteiger partial charge in [-0.3, -0.25) is 14.9 Å². The lowest BCUT2D eigenvalue weighted by Crippen LogP contribution is -2.30. The topological polar surface area (TPSA) is 137 Å². The largest absolute Gasteiger partial charge is 0.449 e. The van der Waals surface area contributed by atoms with Crippen LogP contribution in [-0.2, 0) is 9.53 Å². The lowest BCUT2D eigenvalue weighted by atomic mass is 10.1. The van der Waals surface area contributed by atoms with Crippen LogP contribution in [0.2, 0.25) is 0 Å². The van der Waals surface area contributed by atoms with E-state index in [1.165, 1.54) is 25.1 Å². The van der Waals surface area contributed by atoms with Crippen molar-refractivity contribution in [1.29, 1.82) is 0 Å². The molecule has 0 unspecified atom stereocenters. The molecule has 0 saturated heterocycles. The molecule has 10 nitrogen and oxygen atoms in total. The Hall–Kier alpha value is -3.43. The molecule has 0 saturated carbocycles. The molecule has 2 aromatic rings. The minimum atomic E-state index is -1.14. The van der Waals surface area contributed by atoms with Crippen LogP contribution in [0.1, 0.15) is 23.0 Å². The van der Waals surface area contributed by atoms with Crippen molar-refractivity contribution in [3.63, 3.8) is 0 Å². The molecule has 0 aliphatic carbocycles. The zero-order valence-electron chi connectivity index (χ0n) is 13.7. The average molecular weight is 348 g/mol. The van der Waals surface area contributed by atoms with Gasteiger partial charge in [-0.2, -0.15) is 0 Å². The summed E-state index contributed by atoms with van der Waals surface area (Å²) in [6.45, 7) is 3.03. The standard InChI is InChI=1S/C15H16N4O6/c1-8-6-13(18-25-8)17-14(20)9(2)24-15(21)11-7-10(19(22)23)4-5-12(11)16-3/h4-7,9,16H,1-3H3,(H,17,18,20)/t9-/m1/s1. The Bertz CT molecular complexity index is 816. The molecule has 1 aromatic heterocycles. The minimum absolute atomic E-state index is 0.0476. The van der Waals surface area contributed by atoms with Crippen LogP contribution < -0.4 is 10.6 Å². The predicted octanol–water partition coefficient (Wildman–Crippen LogP) is 2.12. The summed E-state index contributed by atoms with van der Waals surface area (Å²) in [5, 5.41) is 19.6. The maximum absolute atomic E-state index is 12.3. The summed E-state index contributed by atoms with van der Waals surface area (Å²) < 4.78 is 9.90. The van der Waals surface area contributed by atoms with Crippen LogP contribution in [0.15, 0.2) is 28.8 Å². The zero-order chi connectivity index (χ0) is 18.6. The van der Waals surface area contributed by atoms with Gasteiger partial charge in [-0.05, 0) is 19.9 Å². The number of ether oxygens (including phenoxy) is 1. The number of anilines is 2. The van der Waals surface area contributed by atoms with Gasteiger partial charge in [-0.25, -0.2) is 4.79 Å². The molecule has 1 atom stereocenters. The number of esters is 1. The van der Waals surface area contributed by atoms with Gasteiger partial charge >= 0.3 is 5.97 Å². The molecule has 0 spiro atoms. The predicted molar refractivity (Wildman–Crippen MR) is 87.4 cm³/mol. The highest BCUT2D eigenvalue weighted by molar-refractivity contribution is 5.99. The molecule has 1 aromatic carbocycles. The lowest BCUT2D eigenvalue weighted by Gasteiger charge is -2.14. The van der Waals surface area contributed by atoms with Gasteiger partial charge < -0.3 is 19.9 Å². The van der Waals surface area contributed by atoms with E-state index in [0.29, 0.717) is 11.4 Å². The van der Waals surface area contributed by atoms with Gasteiger partial charge in [0.05, 0.1) is 10.5 Å². The number of benzene rings is 1. The molecule has 2 rings (SSSR count). The van der Waals surface area contributed by atoms with E-state index in [1.807, 2.05) is 0 Å². The van der Waals surface area contributed by atoms with E-state index in [-0.39, 0.29) is 17.1 Å². The van der Waals surface area contributed by atoms with E-state index in [2.05, 4.69) is 15.8 Å². The number of carbonyl (C=O) groups excluding carboxylic acids is 2. The summed E-state index contributed by atoms with van der Waals surface area (Å²) in [7, 11) is 1.56. The third kappa shape index (κ3) is 4.31. The van der Waals surface area contributed by atoms with Crippen molar-refractivity contribution in [1.82, 2.24) is 5.16 Å². The fourth-order valence-electron chi connectivity index (χ4n) is 1.96. The highest BCUT2D eigenvalue weighted by Gasteiger charge is 2.23. The smallest absolute Gasteiger partial charge is 0.341 e. The van der Waals surface area contributed by atoms with Crippen LogP contribution in [0.5, 0.6) is 0 Å². The van der Waals surface area contributed by atoms with Gasteiger partial charge in [0.1, 0.15) is 5.76 Å². The number of hydrogen-bond donors (Lipinski definition) is 2. The molecule has 132 valence electrons. The Morgan fingerprint density at radius 1 is 1.36 bits per heavy atom. The van der Waals surface area contributed by atoms with Gasteiger partial charge in [0.15, 0.2) is 11.9 Å². The highest BCUT2D eigenvalue weighted by Crippen LogP contribution is 2.23. The van der Waals surface area contributed by atoms with Gasteiger partial charge in [0, 0.05) is 30.9 Å². The number of nitrogens with zero attached hydrogens (tertiary/aromatic N) is 2. The van der Waals surface area contributed by atoms with E-state index in [0.717, 1.165) is 6.07 Å². The SMILES string of the molecule is CNc1ccc([N+](=O)[O-])cc1C(=O)O[C@H](C)C(=O)Nc1cc(C)on1. The van der Waals surface area contributed by atoms with Gasteiger partial charge in [-0.15, -0.1) is 0 Å². The van der Waals surface area contributed by atoms with Crippen LogP contribution in [0, 0.1) is 17.0 Å². The van der Waals surface area contributed by atoms with E-state index >= 15 is 0 Å². The molecule has 0 aliphatic heterocycles. The molecule has 1 heterocycles. The lowest BCUT2D eigenvalue weighted by molar-refractivity contribution is -0.384. The molecule has 25 heavy (non-hydrogen) atoms. The number of nitro benzene ring substituents is 1. The van der Waals surface area contributed by atoms with Crippen molar-refractivity contribution in [3.05, 3.63) is 45.7 Å². The first-order valence-electron chi connectivity index (χ1n) is 7.23. The summed E-state index contributed by atoms with van der Waals surface area (Å²) in [6.07, 6.45) is -1.14. The number of nitrogens with one attached hydrogen (secondary N) is 2. The highest BCUT2D eigenvalue weighted by atomic mass is 16.6. The second-order valence-corrected chi connectivity index (χ2v) is 5.10. The van der Waals surface area contributed by atoms with Crippen molar-refractivity contribution in [2.75, 3.05) is 17.7 Å². The third-order valence-electron chi connectivity index (χ3n) is 3.24. The average Bonchev–Trinajstić information content (AvgIpc) is 2.98. The fraction of sp³-hybridized carbons (Fsp3) is 0.267. The van der Waals surface area contributed by atoms with E-state index < -0.39 is 22.9 Å². The number of rotatable bonds is 6. The van der Waals surface area contributed by atoms with E-state index in [4.69, 9.17) is 9.26 Å². The van der Waals surface area contributed by atoms with E-state index in [9.17, 15) is 19.7 Å². The summed E-state index contributed by atoms with van der Waals surface area (Å²) in [5.74, 6) is -0.781. The van der Waals surface area contributed by atoms with Crippen LogP contribution in [0.3, 0.4) is 0 Å². The first-order chi connectivity index (χ1) is 11.8. The normalized spacial score (nSPS) is 11.5. The monoisotopic (exact) mass is 348 g/mol. The Labute approximate surface area is 142 Å². The van der Waals surface area contributed by atoms with Gasteiger partial charge in [-0.1, -0.05) is 5.16 Å². The quantitative estimate of drug-likeness (QED) is 0.460. The maximum atomic E-state index is 12.3. The molecular formula is C15H16N4O6. The van der Waals surface area contributed by atoms with Crippen molar-refractivity contribution >= 4 is 29.1 Å². The van der Waals surface area contributed by atoms with Crippen molar-refractivity contribution in [3.8, 4) is 0 Å². The molecule has 0 fully saturated rings. The van der Waals surface area contributed by atoms with Gasteiger partial charge in [0.2, 0.25) is 0 Å². The first kappa shape index (κ1) is 17.9. The molecule has 0 aliphatic rings. The summed E-state index contributed by atoms with van der Waals surface area (Å²) in [4.78, 5) is 34.5. The first-order valence-corrected chi connectivity index (χ1v) is 7.23. The number of carbonyl (C=O) groups is 2. The Morgan fingerprint density at radius 2 is 2.08 bits per heavy atom. The van der Waals surface area contributed by atoms with Crippen molar-refractivity contribution in [2.45, 2.75) is 20.0 Å². The number of aromatic nitrogens is 1. The number of nitro groups is 1. The van der Waals surface area contributed by atoms with Crippen molar-refractivity contribution < 1.29 is 23.8 Å². The minimum Gasteiger partial charge on any atom is -0.449 e. The Morgan fingerprint density at radius 3 is 2.64 bits per heavy atom. The molecule has 2 N–H and O–H groups in total. The second kappa shape index (κ2) is 7.43. The summed E-state index contributed by atoms with van der Waals surface area (Å²) >= 11 is 0. The molecule has 0 bridgehead atoms. The molecular weight excluding hydrogens is 332 g/mol. The maximum Gasteiger partial charge on any atom is 0.341 e. The van der Waals surface area contributed by atoms with Crippen LogP contribution in [0.4, 0.5) is 17.2 Å². The fourth-order valence-corrected chi connectivity index (χ4v) is 1.96. The van der Waals surface area contributed by atoms with Crippen LogP contribution in [-0.4, -0.2) is 35.1 Å². The Balaban J connectivity index is 2.11. The second-order valence-electron chi connectivity index (χ2n) is 5.10. The number of non-ortho nitro benzene ring substituents is 1. The molecule has 0 radical (unpaired) electrons. The van der Waals surface area contributed by atoms with E-state index in [1.54, 1.807) is 14.0 Å². The van der Waals surface area contributed by atoms with Crippen molar-refractivity contribution in [2.24, 2.45) is 0 Å². The summed E-state index contributed by atoms with van der Waals surface area (Å²) in [5.41, 5.74) is 0.0325. The number of aryl methyl sites for hydroxylation is 1.